The summed E-state index contributed by atoms with van der Waals surface area (Å²) in [6, 6.07) is 26.1. The number of hydrogen-bond donors (Lipinski definition) is 0. The molecular weight excluding hydrogens is 1050 g/mol. The smallest absolute Gasteiger partial charge is 0.0617 e. The van der Waals surface area contributed by atoms with E-state index < -0.39 is 78.6 Å². The van der Waals surface area contributed by atoms with Gasteiger partial charge in [0.15, 0.2) is 0 Å². The van der Waals surface area contributed by atoms with Crippen molar-refractivity contribution < 1.29 is 44.7 Å². The van der Waals surface area contributed by atoms with Gasteiger partial charge in [-0.3, -0.25) is 0 Å². The second kappa shape index (κ2) is 17.4. The second-order valence-electron chi connectivity index (χ2n) is 18.8. The van der Waals surface area contributed by atoms with Crippen molar-refractivity contribution in [2.75, 3.05) is 18.0 Å². The predicted octanol–water partition coefficient (Wildman–Crippen LogP) is 15.4. The quantitative estimate of drug-likeness (QED) is 0.142. The molecule has 0 radical (unpaired) electrons. The number of imidazole rings is 1. The standard InChI is InChI=1S/C64H51N5O.Pt/c1-64(2,3)47-34-35-65-59(39-47)69-55-33-30-46(43-18-7-4-8-19-43)38-54(55)51-32-31-50(41-58(51)69)70-49-25-15-24-48(40-49)67-42-68(57-29-14-13-28-56(57)67)63-60(44-20-9-5-10-21-44)52-26-16-36-66-37-17-27-53(62(52)66)61(63)45-22-11-6-12-23-45;/h4-15,18-25,28-35,38-39H,16-17,26-27,36-37H2,1-3H3;/q-2;/i4D,5D,6D,7D,8D,9D,10D,11D,12D,18D,19D,20D,21D,22D,23D;. The van der Waals surface area contributed by atoms with Crippen LogP contribution in [0.5, 0.6) is 11.5 Å². The Balaban J connectivity index is 1.03. The first-order valence-corrected chi connectivity index (χ1v) is 24.7. The number of nitrogens with zero attached hydrogens (tertiary/aromatic N) is 5. The summed E-state index contributed by atoms with van der Waals surface area (Å²) in [5.41, 5.74) is 7.50. The summed E-state index contributed by atoms with van der Waals surface area (Å²) in [7, 11) is 0. The molecule has 0 aliphatic carbocycles. The van der Waals surface area contributed by atoms with Gasteiger partial charge in [0.05, 0.1) is 6.85 Å². The van der Waals surface area contributed by atoms with Crippen LogP contribution >= 0.6 is 0 Å². The minimum absolute atomic E-state index is 0.0633. The summed E-state index contributed by atoms with van der Waals surface area (Å²) in [5, 5.41) is 1.45. The molecule has 7 heteroatoms. The van der Waals surface area contributed by atoms with Gasteiger partial charge in [0.2, 0.25) is 0 Å². The topological polar surface area (TPSA) is 40.1 Å². The van der Waals surface area contributed by atoms with Crippen LogP contribution in [-0.2, 0) is 37.6 Å². The van der Waals surface area contributed by atoms with Gasteiger partial charge in [-0.1, -0.05) is 57.0 Å². The van der Waals surface area contributed by atoms with Crippen LogP contribution in [0.4, 0.5) is 5.69 Å². The van der Waals surface area contributed by atoms with Crippen LogP contribution in [0.2, 0.25) is 0 Å². The van der Waals surface area contributed by atoms with Gasteiger partial charge in [-0.25, -0.2) is 0 Å². The molecule has 2 aliphatic rings. The second-order valence-corrected chi connectivity index (χ2v) is 19.8. The first-order chi connectivity index (χ1) is 41.0. The summed E-state index contributed by atoms with van der Waals surface area (Å²) in [6.45, 7) is 7.69. The van der Waals surface area contributed by atoms with Gasteiger partial charge in [-0.2, -0.15) is 0 Å². The molecule has 0 fully saturated rings. The molecule has 6 nitrogen and oxygen atoms in total. The van der Waals surface area contributed by atoms with E-state index in [-0.39, 0.29) is 34.2 Å². The molecular formula is C64H51N5OPt-2. The zero-order chi connectivity index (χ0) is 60.8. The molecule has 3 aromatic heterocycles. The molecule has 0 bridgehead atoms. The monoisotopic (exact) mass is 1120 g/mol. The number of rotatable bonds is 8. The molecule has 71 heavy (non-hydrogen) atoms. The van der Waals surface area contributed by atoms with Crippen LogP contribution < -0.4 is 9.64 Å². The maximum atomic E-state index is 9.56. The molecule has 11 aromatic rings. The Hall–Kier alpha value is -7.53. The third-order valence-electron chi connectivity index (χ3n) is 13.6. The first kappa shape index (κ1) is 30.3. The van der Waals surface area contributed by atoms with E-state index in [0.29, 0.717) is 105 Å². The van der Waals surface area contributed by atoms with E-state index in [0.717, 1.165) is 38.7 Å². The number of pyridine rings is 1. The molecule has 2 aliphatic heterocycles. The van der Waals surface area contributed by atoms with E-state index in [9.17, 15) is 5.48 Å². The van der Waals surface area contributed by atoms with Crippen LogP contribution in [-0.4, -0.2) is 31.8 Å². The number of para-hydroxylation sites is 2. The zero-order valence-corrected chi connectivity index (χ0v) is 41.1. The first-order valence-electron chi connectivity index (χ1n) is 31.0. The van der Waals surface area contributed by atoms with Gasteiger partial charge in [0.25, 0.3) is 0 Å². The molecule has 350 valence electrons. The van der Waals surface area contributed by atoms with E-state index in [2.05, 4.69) is 57.2 Å². The van der Waals surface area contributed by atoms with Gasteiger partial charge in [-0.15, -0.1) is 0 Å². The summed E-state index contributed by atoms with van der Waals surface area (Å²) >= 11 is 2.20. The summed E-state index contributed by atoms with van der Waals surface area (Å²) in [5.74, 6) is 1.22. The van der Waals surface area contributed by atoms with Crippen molar-refractivity contribution >= 4 is 38.5 Å². The number of anilines is 1. The van der Waals surface area contributed by atoms with Crippen LogP contribution in [0.3, 0.4) is 0 Å². The van der Waals surface area contributed by atoms with Gasteiger partial charge >= 0.3 is 350 Å². The van der Waals surface area contributed by atoms with Crippen LogP contribution in [0.25, 0.3) is 83.4 Å². The predicted molar refractivity (Wildman–Crippen MR) is 286 cm³/mol. The van der Waals surface area contributed by atoms with Crippen LogP contribution in [0.1, 0.15) is 70.9 Å². The summed E-state index contributed by atoms with van der Waals surface area (Å²) < 4.78 is 147. The minimum Gasteiger partial charge on any atom is -0.0617 e. The molecule has 0 amide bonds. The van der Waals surface area contributed by atoms with Crippen LogP contribution in [0, 0.1) is 15.9 Å². The minimum atomic E-state index is -0.562. The molecule has 0 atom stereocenters. The average Bonchev–Trinajstić information content (AvgIpc) is 1.13. The molecule has 0 N–H and O–H groups in total. The Morgan fingerprint density at radius 3 is 1.87 bits per heavy atom. The van der Waals surface area contributed by atoms with Crippen molar-refractivity contribution in [3.05, 3.63) is 214 Å². The van der Waals surface area contributed by atoms with Crippen molar-refractivity contribution in [1.82, 2.24) is 18.7 Å². The number of fused-ring (bicyclic) bond motifs is 4. The third kappa shape index (κ3) is 7.42. The fourth-order valence-corrected chi connectivity index (χ4v) is 11.6. The summed E-state index contributed by atoms with van der Waals surface area (Å²) in [4.78, 5) is 7.07. The van der Waals surface area contributed by atoms with Crippen LogP contribution in [0.15, 0.2) is 182 Å². The molecule has 13 rings (SSSR count). The third-order valence-corrected chi connectivity index (χ3v) is 14.6. The number of ether oxygens (including phenoxy) is 1. The molecule has 0 saturated heterocycles. The molecule has 5 heterocycles. The normalized spacial score (nSPS) is 16.5. The average molecular weight is 1120 g/mol. The SMILES string of the molecule is [2H]c1c([2H])c([2H])c(-c2ccc3c(c2)c2ccc(Oc4[c-]c(-n5[c](=[Pt])n(-c6c(-c7c([2H])c([2H])c([2H])c([2H])c7[2H])c7c8c(c6-c6c([2H])c([2H])c([2H])c([2H])c6[2H])CCCN8CCC7)c6ccccc65)ccc4)[c-]c2n3-c2cc(C(C)(C)C)ccn2)c([2H])c1[2H]. The molecule has 0 spiro atoms. The number of benzene rings is 8. The van der Waals surface area contributed by atoms with Gasteiger partial charge in [0, 0.05) is 6.20 Å². The van der Waals surface area contributed by atoms with E-state index in [1.165, 1.54) is 0 Å². The van der Waals surface area contributed by atoms with Crippen molar-refractivity contribution in [2.45, 2.75) is 51.9 Å². The van der Waals surface area contributed by atoms with E-state index in [1.807, 2.05) is 80.4 Å². The molecule has 8 aromatic carbocycles. The Kier molecular flexibility index (Phi) is 7.42. The van der Waals surface area contributed by atoms with E-state index in [1.54, 1.807) is 24.4 Å². The Labute approximate surface area is 446 Å². The molecule has 0 saturated carbocycles. The Bertz CT molecular complexity index is 4660. The number of aromatic nitrogens is 4. The van der Waals surface area contributed by atoms with E-state index >= 15 is 0 Å². The zero-order valence-electron chi connectivity index (χ0n) is 53.9. The van der Waals surface area contributed by atoms with Crippen molar-refractivity contribution in [3.63, 3.8) is 0 Å². The molecule has 0 unspecified atom stereocenters. The van der Waals surface area contributed by atoms with Crippen molar-refractivity contribution in [2.24, 2.45) is 0 Å². The van der Waals surface area contributed by atoms with Gasteiger partial charge < -0.3 is 0 Å². The van der Waals surface area contributed by atoms with Crippen molar-refractivity contribution in [1.29, 1.82) is 0 Å². The van der Waals surface area contributed by atoms with Gasteiger partial charge in [0.1, 0.15) is 0 Å². The number of hydrogen-bond acceptors (Lipinski definition) is 3. The Morgan fingerprint density at radius 1 is 0.577 bits per heavy atom. The maximum absolute atomic E-state index is 9.56. The van der Waals surface area contributed by atoms with Crippen molar-refractivity contribution in [3.8, 4) is 62.1 Å². The fourth-order valence-electron chi connectivity index (χ4n) is 10.5. The Morgan fingerprint density at radius 2 is 1.21 bits per heavy atom. The summed E-state index contributed by atoms with van der Waals surface area (Å²) in [6.07, 6.45) is 4.09. The van der Waals surface area contributed by atoms with Gasteiger partial charge in [-0.05, 0) is 28.2 Å². The fraction of sp³-hybridized carbons (Fsp3) is 0.156. The van der Waals surface area contributed by atoms with E-state index in [4.69, 9.17) is 24.8 Å².